The predicted molar refractivity (Wildman–Crippen MR) is 63.8 cm³/mol. The summed E-state index contributed by atoms with van der Waals surface area (Å²) >= 11 is 6.00. The maximum absolute atomic E-state index is 10.4. The summed E-state index contributed by atoms with van der Waals surface area (Å²) in [5.41, 5.74) is 0.847. The highest BCUT2D eigenvalue weighted by Gasteiger charge is 2.00. The third-order valence-corrected chi connectivity index (χ3v) is 2.36. The lowest BCUT2D eigenvalue weighted by atomic mass is 10.2. The van der Waals surface area contributed by atoms with Crippen molar-refractivity contribution in [3.8, 4) is 0 Å². The molecule has 0 radical (unpaired) electrons. The van der Waals surface area contributed by atoms with Gasteiger partial charge in [-0.1, -0.05) is 12.1 Å². The molecule has 0 amide bonds. The van der Waals surface area contributed by atoms with Crippen LogP contribution in [0.3, 0.4) is 0 Å². The Kier molecular flexibility index (Phi) is 3.80. The average Bonchev–Trinajstić information content (AvgIpc) is 2.04. The van der Waals surface area contributed by atoms with E-state index in [9.17, 15) is 4.79 Å². The largest absolute Gasteiger partial charge is 0.477 e. The van der Waals surface area contributed by atoms with Crippen molar-refractivity contribution < 1.29 is 9.90 Å². The summed E-state index contributed by atoms with van der Waals surface area (Å²) in [7, 11) is 0. The van der Waals surface area contributed by atoms with Gasteiger partial charge in [0.1, 0.15) is 0 Å². The first kappa shape index (κ1) is 10.6. The number of hydrogen-bond donors (Lipinski definition) is 2. The van der Waals surface area contributed by atoms with E-state index in [4.69, 9.17) is 5.11 Å². The Bertz CT molecular complexity index is 360. The SMILES string of the molecule is O=C(O)/C(S)=C/c1cccc(I)c1. The van der Waals surface area contributed by atoms with Crippen molar-refractivity contribution in [3.63, 3.8) is 0 Å². The number of aliphatic carboxylic acids is 1. The normalized spacial score (nSPS) is 11.4. The van der Waals surface area contributed by atoms with Gasteiger partial charge in [-0.25, -0.2) is 4.79 Å². The molecule has 0 saturated heterocycles. The molecule has 0 bridgehead atoms. The van der Waals surface area contributed by atoms with E-state index in [0.717, 1.165) is 9.13 Å². The molecule has 1 N–H and O–H groups in total. The Balaban J connectivity index is 2.97. The van der Waals surface area contributed by atoms with Crippen molar-refractivity contribution in [2.75, 3.05) is 0 Å². The van der Waals surface area contributed by atoms with Crippen molar-refractivity contribution >= 4 is 47.3 Å². The van der Waals surface area contributed by atoms with Gasteiger partial charge in [0.25, 0.3) is 0 Å². The molecule has 13 heavy (non-hydrogen) atoms. The minimum atomic E-state index is -1.01. The van der Waals surface area contributed by atoms with Crippen LogP contribution < -0.4 is 0 Å². The second-order valence-corrected chi connectivity index (χ2v) is 4.12. The molecule has 0 saturated carbocycles. The van der Waals surface area contributed by atoms with Gasteiger partial charge in [0, 0.05) is 3.57 Å². The van der Waals surface area contributed by atoms with Crippen molar-refractivity contribution in [2.45, 2.75) is 0 Å². The molecule has 0 heterocycles. The van der Waals surface area contributed by atoms with Crippen LogP contribution in [0.1, 0.15) is 5.56 Å². The zero-order valence-corrected chi connectivity index (χ0v) is 9.62. The first-order valence-electron chi connectivity index (χ1n) is 3.49. The highest BCUT2D eigenvalue weighted by Crippen LogP contribution is 2.13. The summed E-state index contributed by atoms with van der Waals surface area (Å²) < 4.78 is 1.07. The zero-order valence-electron chi connectivity index (χ0n) is 6.57. The fourth-order valence-electron chi connectivity index (χ4n) is 0.816. The van der Waals surface area contributed by atoms with Gasteiger partial charge >= 0.3 is 5.97 Å². The van der Waals surface area contributed by atoms with Crippen molar-refractivity contribution in [2.24, 2.45) is 0 Å². The van der Waals surface area contributed by atoms with E-state index in [-0.39, 0.29) is 4.91 Å². The maximum atomic E-state index is 10.4. The summed E-state index contributed by atoms with van der Waals surface area (Å²) in [6.45, 7) is 0. The second kappa shape index (κ2) is 4.66. The second-order valence-electron chi connectivity index (χ2n) is 2.39. The molecule has 68 valence electrons. The topological polar surface area (TPSA) is 37.3 Å². The van der Waals surface area contributed by atoms with Gasteiger partial charge in [-0.05, 0) is 46.4 Å². The quantitative estimate of drug-likeness (QED) is 0.501. The Morgan fingerprint density at radius 3 is 2.77 bits per heavy atom. The lowest BCUT2D eigenvalue weighted by Crippen LogP contribution is -1.93. The number of carboxylic acids is 1. The molecule has 0 aromatic heterocycles. The van der Waals surface area contributed by atoms with Gasteiger partial charge < -0.3 is 5.11 Å². The molecule has 1 aromatic rings. The molecule has 1 aromatic carbocycles. The van der Waals surface area contributed by atoms with Gasteiger partial charge in [0.2, 0.25) is 0 Å². The smallest absolute Gasteiger partial charge is 0.341 e. The molecule has 0 unspecified atom stereocenters. The number of rotatable bonds is 2. The summed E-state index contributed by atoms with van der Waals surface area (Å²) in [6, 6.07) is 7.54. The molecule has 0 aliphatic heterocycles. The summed E-state index contributed by atoms with van der Waals surface area (Å²) in [5, 5.41) is 8.57. The number of thiol groups is 1. The zero-order chi connectivity index (χ0) is 9.84. The Morgan fingerprint density at radius 2 is 2.23 bits per heavy atom. The predicted octanol–water partition coefficient (Wildman–Crippen LogP) is 2.65. The van der Waals surface area contributed by atoms with Gasteiger partial charge in [-0.3, -0.25) is 0 Å². The molecule has 0 aliphatic rings. The molecular weight excluding hydrogens is 299 g/mol. The van der Waals surface area contributed by atoms with Crippen LogP contribution in [0.2, 0.25) is 0 Å². The number of halogens is 1. The van der Waals surface area contributed by atoms with Crippen LogP contribution in [0.5, 0.6) is 0 Å². The number of carboxylic acid groups (broad SMARTS) is 1. The van der Waals surface area contributed by atoms with Crippen LogP contribution in [-0.2, 0) is 4.79 Å². The van der Waals surface area contributed by atoms with Crippen LogP contribution >= 0.6 is 35.2 Å². The first-order valence-corrected chi connectivity index (χ1v) is 5.02. The third-order valence-electron chi connectivity index (χ3n) is 1.37. The highest BCUT2D eigenvalue weighted by molar-refractivity contribution is 14.1. The summed E-state index contributed by atoms with van der Waals surface area (Å²) in [4.78, 5) is 10.5. The van der Waals surface area contributed by atoms with E-state index in [2.05, 4.69) is 35.2 Å². The molecule has 0 spiro atoms. The minimum Gasteiger partial charge on any atom is -0.477 e. The monoisotopic (exact) mass is 306 g/mol. The molecule has 1 rings (SSSR count). The molecule has 4 heteroatoms. The van der Waals surface area contributed by atoms with Crippen LogP contribution in [0.25, 0.3) is 6.08 Å². The van der Waals surface area contributed by atoms with Crippen LogP contribution in [0, 0.1) is 3.57 Å². The van der Waals surface area contributed by atoms with Crippen molar-refractivity contribution in [3.05, 3.63) is 38.3 Å². The lowest BCUT2D eigenvalue weighted by Gasteiger charge is -1.95. The van der Waals surface area contributed by atoms with Gasteiger partial charge in [-0.2, -0.15) is 0 Å². The highest BCUT2D eigenvalue weighted by atomic mass is 127. The van der Waals surface area contributed by atoms with Crippen LogP contribution in [0.4, 0.5) is 0 Å². The lowest BCUT2D eigenvalue weighted by molar-refractivity contribution is -0.131. The van der Waals surface area contributed by atoms with Gasteiger partial charge in [0.15, 0.2) is 0 Å². The Labute approximate surface area is 95.2 Å². The number of carbonyl (C=O) groups is 1. The molecular formula is C9H7IO2S. The van der Waals surface area contributed by atoms with E-state index in [1.807, 2.05) is 24.3 Å². The van der Waals surface area contributed by atoms with Gasteiger partial charge in [0.05, 0.1) is 4.91 Å². The standard InChI is InChI=1S/C9H7IO2S/c10-7-3-1-2-6(4-7)5-8(13)9(11)12/h1-5,13H,(H,11,12)/b8-5-. The minimum absolute atomic E-state index is 0.0435. The fraction of sp³-hybridized carbons (Fsp3) is 0. The van der Waals surface area contributed by atoms with E-state index >= 15 is 0 Å². The Morgan fingerprint density at radius 1 is 1.54 bits per heavy atom. The van der Waals surface area contributed by atoms with E-state index in [1.54, 1.807) is 0 Å². The molecule has 0 fully saturated rings. The maximum Gasteiger partial charge on any atom is 0.341 e. The number of benzene rings is 1. The van der Waals surface area contributed by atoms with E-state index < -0.39 is 5.97 Å². The Hall–Kier alpha value is -0.490. The molecule has 0 atom stereocenters. The molecule has 2 nitrogen and oxygen atoms in total. The summed E-state index contributed by atoms with van der Waals surface area (Å²) in [6.07, 6.45) is 1.52. The first-order chi connectivity index (χ1) is 6.09. The van der Waals surface area contributed by atoms with Gasteiger partial charge in [-0.15, -0.1) is 12.6 Å². The number of hydrogen-bond acceptors (Lipinski definition) is 2. The van der Waals surface area contributed by atoms with Crippen LogP contribution in [-0.4, -0.2) is 11.1 Å². The van der Waals surface area contributed by atoms with Crippen molar-refractivity contribution in [1.82, 2.24) is 0 Å². The summed E-state index contributed by atoms with van der Waals surface area (Å²) in [5.74, 6) is -1.01. The fourth-order valence-corrected chi connectivity index (χ4v) is 1.53. The third kappa shape index (κ3) is 3.40. The van der Waals surface area contributed by atoms with Crippen LogP contribution in [0.15, 0.2) is 29.2 Å². The van der Waals surface area contributed by atoms with E-state index in [0.29, 0.717) is 0 Å². The van der Waals surface area contributed by atoms with E-state index in [1.165, 1.54) is 6.08 Å². The molecule has 0 aliphatic carbocycles. The van der Waals surface area contributed by atoms with Crippen molar-refractivity contribution in [1.29, 1.82) is 0 Å². The average molecular weight is 306 g/mol.